The monoisotopic (exact) mass is 357 g/mol. The Bertz CT molecular complexity index is 663. The maximum Gasteiger partial charge on any atom is 0.313 e. The highest BCUT2D eigenvalue weighted by molar-refractivity contribution is 9.10. The number of para-hydroxylation sites is 1. The van der Waals surface area contributed by atoms with Crippen LogP contribution < -0.4 is 4.74 Å². The molecule has 0 saturated carbocycles. The zero-order valence-electron chi connectivity index (χ0n) is 10.0. The number of rotatable bonds is 4. The lowest BCUT2D eigenvalue weighted by molar-refractivity contribution is -0.385. The van der Waals surface area contributed by atoms with E-state index in [1.54, 1.807) is 18.2 Å². The van der Waals surface area contributed by atoms with E-state index in [0.29, 0.717) is 15.8 Å². The fourth-order valence-electron chi connectivity index (χ4n) is 1.58. The van der Waals surface area contributed by atoms with Gasteiger partial charge in [0, 0.05) is 10.5 Å². The SMILES string of the molecule is O=[N+]([O-])c1cccc(Cl)c1Oc1ccc(CO)c(Br)c1. The van der Waals surface area contributed by atoms with Gasteiger partial charge in [0.15, 0.2) is 0 Å². The summed E-state index contributed by atoms with van der Waals surface area (Å²) in [6, 6.07) is 9.18. The van der Waals surface area contributed by atoms with Crippen LogP contribution in [0, 0.1) is 10.1 Å². The summed E-state index contributed by atoms with van der Waals surface area (Å²) in [5.41, 5.74) is 0.478. The molecular formula is C13H9BrClNO4. The molecule has 104 valence electrons. The molecular weight excluding hydrogens is 350 g/mol. The topological polar surface area (TPSA) is 72.6 Å². The fourth-order valence-corrected chi connectivity index (χ4v) is 2.27. The third-order valence-corrected chi connectivity index (χ3v) is 3.59. The number of benzene rings is 2. The smallest absolute Gasteiger partial charge is 0.313 e. The van der Waals surface area contributed by atoms with Crippen LogP contribution in [0.25, 0.3) is 0 Å². The first-order chi connectivity index (χ1) is 9.52. The van der Waals surface area contributed by atoms with E-state index < -0.39 is 4.92 Å². The van der Waals surface area contributed by atoms with E-state index in [9.17, 15) is 10.1 Å². The van der Waals surface area contributed by atoms with Crippen LogP contribution in [0.5, 0.6) is 11.5 Å². The highest BCUT2D eigenvalue weighted by atomic mass is 79.9. The second kappa shape index (κ2) is 6.21. The second-order valence-electron chi connectivity index (χ2n) is 3.86. The molecule has 0 aromatic heterocycles. The molecule has 1 N–H and O–H groups in total. The molecule has 0 atom stereocenters. The van der Waals surface area contributed by atoms with E-state index in [2.05, 4.69) is 15.9 Å². The molecule has 2 rings (SSSR count). The van der Waals surface area contributed by atoms with Crippen molar-refractivity contribution in [3.63, 3.8) is 0 Å². The van der Waals surface area contributed by atoms with Crippen molar-refractivity contribution in [2.45, 2.75) is 6.61 Å². The highest BCUT2D eigenvalue weighted by Gasteiger charge is 2.19. The Morgan fingerprint density at radius 3 is 2.70 bits per heavy atom. The number of nitrogens with zero attached hydrogens (tertiary/aromatic N) is 1. The number of nitro groups is 1. The molecule has 0 bridgehead atoms. The molecule has 0 spiro atoms. The summed E-state index contributed by atoms with van der Waals surface area (Å²) in [6.45, 7) is -0.118. The van der Waals surface area contributed by atoms with Gasteiger partial charge < -0.3 is 9.84 Å². The second-order valence-corrected chi connectivity index (χ2v) is 5.12. The molecule has 0 radical (unpaired) electrons. The minimum Gasteiger partial charge on any atom is -0.448 e. The Hall–Kier alpha value is -1.63. The van der Waals surface area contributed by atoms with Gasteiger partial charge in [-0.3, -0.25) is 10.1 Å². The molecule has 0 aliphatic rings. The lowest BCUT2D eigenvalue weighted by atomic mass is 10.2. The van der Waals surface area contributed by atoms with Gasteiger partial charge >= 0.3 is 5.69 Å². The lowest BCUT2D eigenvalue weighted by Gasteiger charge is -2.09. The van der Waals surface area contributed by atoms with Crippen LogP contribution in [-0.2, 0) is 6.61 Å². The number of hydrogen-bond donors (Lipinski definition) is 1. The molecule has 7 heteroatoms. The standard InChI is InChI=1S/C13H9BrClNO4/c14-10-6-9(5-4-8(10)7-17)20-13-11(15)2-1-3-12(13)16(18)19/h1-6,17H,7H2. The summed E-state index contributed by atoms with van der Waals surface area (Å²) in [7, 11) is 0. The number of nitro benzene ring substituents is 1. The molecule has 0 amide bonds. The first kappa shape index (κ1) is 14.8. The van der Waals surface area contributed by atoms with Crippen LogP contribution in [0.1, 0.15) is 5.56 Å². The summed E-state index contributed by atoms with van der Waals surface area (Å²) in [5, 5.41) is 20.2. The summed E-state index contributed by atoms with van der Waals surface area (Å²) >= 11 is 9.22. The van der Waals surface area contributed by atoms with Gasteiger partial charge in [0.1, 0.15) is 5.75 Å². The van der Waals surface area contributed by atoms with Gasteiger partial charge in [-0.05, 0) is 23.8 Å². The zero-order chi connectivity index (χ0) is 14.7. The summed E-state index contributed by atoms with van der Waals surface area (Å²) < 4.78 is 6.14. The van der Waals surface area contributed by atoms with Gasteiger partial charge in [0.05, 0.1) is 16.6 Å². The molecule has 0 heterocycles. The van der Waals surface area contributed by atoms with Gasteiger partial charge in [-0.15, -0.1) is 0 Å². The van der Waals surface area contributed by atoms with Crippen LogP contribution in [0.4, 0.5) is 5.69 Å². The van der Waals surface area contributed by atoms with Crippen molar-refractivity contribution in [1.82, 2.24) is 0 Å². The van der Waals surface area contributed by atoms with Gasteiger partial charge in [-0.25, -0.2) is 0 Å². The molecule has 0 fully saturated rings. The van der Waals surface area contributed by atoms with Crippen molar-refractivity contribution < 1.29 is 14.8 Å². The van der Waals surface area contributed by atoms with Crippen molar-refractivity contribution >= 4 is 33.2 Å². The Morgan fingerprint density at radius 2 is 2.10 bits per heavy atom. The van der Waals surface area contributed by atoms with Gasteiger partial charge in [-0.2, -0.15) is 0 Å². The number of aliphatic hydroxyl groups excluding tert-OH is 1. The highest BCUT2D eigenvalue weighted by Crippen LogP contribution is 2.38. The summed E-state index contributed by atoms with van der Waals surface area (Å²) in [4.78, 5) is 10.4. The average Bonchev–Trinajstić information content (AvgIpc) is 2.41. The van der Waals surface area contributed by atoms with E-state index in [4.69, 9.17) is 21.4 Å². The predicted molar refractivity (Wildman–Crippen MR) is 78.2 cm³/mol. The van der Waals surface area contributed by atoms with Crippen LogP contribution in [0.15, 0.2) is 40.9 Å². The number of ether oxygens (including phenoxy) is 1. The predicted octanol–water partition coefficient (Wildman–Crippen LogP) is 4.30. The molecule has 0 aliphatic carbocycles. The van der Waals surface area contributed by atoms with E-state index in [1.165, 1.54) is 18.2 Å². The van der Waals surface area contributed by atoms with Crippen LogP contribution in [0.3, 0.4) is 0 Å². The molecule has 2 aromatic carbocycles. The Balaban J connectivity index is 2.39. The quantitative estimate of drug-likeness (QED) is 0.653. The number of hydrogen-bond acceptors (Lipinski definition) is 4. The maximum absolute atomic E-state index is 11.0. The van der Waals surface area contributed by atoms with Crippen LogP contribution >= 0.6 is 27.5 Å². The molecule has 2 aromatic rings. The Morgan fingerprint density at radius 1 is 1.35 bits per heavy atom. The Labute approximate surface area is 128 Å². The van der Waals surface area contributed by atoms with Crippen LogP contribution in [0.2, 0.25) is 5.02 Å². The van der Waals surface area contributed by atoms with Crippen molar-refractivity contribution in [3.05, 3.63) is 61.6 Å². The first-order valence-electron chi connectivity index (χ1n) is 5.53. The van der Waals surface area contributed by atoms with Crippen molar-refractivity contribution in [1.29, 1.82) is 0 Å². The molecule has 5 nitrogen and oxygen atoms in total. The lowest BCUT2D eigenvalue weighted by Crippen LogP contribution is -1.94. The molecule has 0 saturated heterocycles. The van der Waals surface area contributed by atoms with E-state index in [1.807, 2.05) is 0 Å². The largest absolute Gasteiger partial charge is 0.448 e. The minimum atomic E-state index is -0.557. The third-order valence-electron chi connectivity index (χ3n) is 2.56. The Kier molecular flexibility index (Phi) is 4.59. The third kappa shape index (κ3) is 3.09. The van der Waals surface area contributed by atoms with E-state index >= 15 is 0 Å². The summed E-state index contributed by atoms with van der Waals surface area (Å²) in [5.74, 6) is 0.369. The first-order valence-corrected chi connectivity index (χ1v) is 6.70. The number of aliphatic hydroxyl groups is 1. The van der Waals surface area contributed by atoms with Crippen molar-refractivity contribution in [2.75, 3.05) is 0 Å². The maximum atomic E-state index is 11.0. The van der Waals surface area contributed by atoms with Crippen molar-refractivity contribution in [3.8, 4) is 11.5 Å². The minimum absolute atomic E-state index is 0.0113. The van der Waals surface area contributed by atoms with Crippen molar-refractivity contribution in [2.24, 2.45) is 0 Å². The molecule has 0 unspecified atom stereocenters. The van der Waals surface area contributed by atoms with Gasteiger partial charge in [0.2, 0.25) is 5.75 Å². The normalized spacial score (nSPS) is 10.3. The average molecular weight is 359 g/mol. The van der Waals surface area contributed by atoms with Gasteiger partial charge in [0.25, 0.3) is 0 Å². The van der Waals surface area contributed by atoms with E-state index in [0.717, 1.165) is 0 Å². The van der Waals surface area contributed by atoms with Crippen LogP contribution in [-0.4, -0.2) is 10.0 Å². The molecule has 20 heavy (non-hydrogen) atoms. The fraction of sp³-hybridized carbons (Fsp3) is 0.0769. The summed E-state index contributed by atoms with van der Waals surface area (Å²) in [6.07, 6.45) is 0. The number of halogens is 2. The zero-order valence-corrected chi connectivity index (χ0v) is 12.4. The van der Waals surface area contributed by atoms with Gasteiger partial charge in [-0.1, -0.05) is 39.7 Å². The molecule has 0 aliphatic heterocycles. The van der Waals surface area contributed by atoms with E-state index in [-0.39, 0.29) is 23.1 Å².